The van der Waals surface area contributed by atoms with E-state index in [1.807, 2.05) is 0 Å². The predicted molar refractivity (Wildman–Crippen MR) is 44.8 cm³/mol. The average Bonchev–Trinajstić information content (AvgIpc) is 1.96. The topological polar surface area (TPSA) is 46.2 Å². The molecule has 0 aromatic heterocycles. The molecular formula is C7H6F3NO2S. The summed E-state index contributed by atoms with van der Waals surface area (Å²) in [4.78, 5) is 0. The second-order valence-electron chi connectivity index (χ2n) is 2.62. The van der Waals surface area contributed by atoms with Gasteiger partial charge < -0.3 is 0 Å². The number of rotatable bonds is 2. The van der Waals surface area contributed by atoms with Gasteiger partial charge in [-0.05, 0) is 0 Å². The lowest BCUT2D eigenvalue weighted by Gasteiger charge is -2.05. The molecule has 1 N–H and O–H groups in total. The highest BCUT2D eigenvalue weighted by atomic mass is 32.2. The molecular weight excluding hydrogens is 219 g/mol. The van der Waals surface area contributed by atoms with Gasteiger partial charge in [0.25, 0.3) is 0 Å². The first-order valence-corrected chi connectivity index (χ1v) is 5.31. The maximum atomic E-state index is 12.8. The third-order valence-corrected chi connectivity index (χ3v) is 1.88. The van der Waals surface area contributed by atoms with Crippen molar-refractivity contribution in [2.75, 3.05) is 11.0 Å². The zero-order chi connectivity index (χ0) is 10.9. The fourth-order valence-corrected chi connectivity index (χ4v) is 1.38. The molecule has 0 atom stereocenters. The van der Waals surface area contributed by atoms with Crippen molar-refractivity contribution in [1.29, 1.82) is 0 Å². The lowest BCUT2D eigenvalue weighted by molar-refractivity contribution is 0.498. The highest BCUT2D eigenvalue weighted by molar-refractivity contribution is 7.92. The molecule has 0 unspecified atom stereocenters. The van der Waals surface area contributed by atoms with Crippen LogP contribution in [0, 0.1) is 17.5 Å². The van der Waals surface area contributed by atoms with E-state index in [1.54, 1.807) is 4.72 Å². The highest BCUT2D eigenvalue weighted by Gasteiger charge is 2.13. The molecule has 0 radical (unpaired) electrons. The summed E-state index contributed by atoms with van der Waals surface area (Å²) < 4.78 is 60.9. The standard InChI is InChI=1S/C7H6F3NO2S/c1-14(12,13)11-6-3-4(8)2-5(9)7(6)10/h2-3,11H,1H3. The van der Waals surface area contributed by atoms with Crippen molar-refractivity contribution >= 4 is 15.7 Å². The molecule has 0 heterocycles. The van der Waals surface area contributed by atoms with Crippen molar-refractivity contribution in [2.24, 2.45) is 0 Å². The summed E-state index contributed by atoms with van der Waals surface area (Å²) in [7, 11) is -3.76. The first-order chi connectivity index (χ1) is 6.29. The van der Waals surface area contributed by atoms with Crippen LogP contribution in [0.3, 0.4) is 0 Å². The van der Waals surface area contributed by atoms with E-state index >= 15 is 0 Å². The number of sulfonamides is 1. The van der Waals surface area contributed by atoms with Gasteiger partial charge in [-0.1, -0.05) is 0 Å². The average molecular weight is 225 g/mol. The Bertz CT molecular complexity index is 458. The lowest BCUT2D eigenvalue weighted by Crippen LogP contribution is -2.11. The quantitative estimate of drug-likeness (QED) is 0.775. The Morgan fingerprint density at radius 2 is 1.79 bits per heavy atom. The summed E-state index contributed by atoms with van der Waals surface area (Å²) in [5.74, 6) is -3.94. The van der Waals surface area contributed by atoms with Gasteiger partial charge in [0.2, 0.25) is 10.0 Å². The molecule has 0 bridgehead atoms. The van der Waals surface area contributed by atoms with Crippen LogP contribution in [0.25, 0.3) is 0 Å². The summed E-state index contributed by atoms with van der Waals surface area (Å²) in [6, 6.07) is 0.877. The van der Waals surface area contributed by atoms with Crippen molar-refractivity contribution in [3.05, 3.63) is 29.6 Å². The van der Waals surface area contributed by atoms with Gasteiger partial charge in [-0.2, -0.15) is 0 Å². The summed E-state index contributed by atoms with van der Waals surface area (Å²) in [5.41, 5.74) is -0.745. The van der Waals surface area contributed by atoms with Gasteiger partial charge in [-0.3, -0.25) is 4.72 Å². The number of hydrogen-bond donors (Lipinski definition) is 1. The van der Waals surface area contributed by atoms with Crippen LogP contribution in [0.4, 0.5) is 18.9 Å². The van der Waals surface area contributed by atoms with Crippen LogP contribution in [0.1, 0.15) is 0 Å². The Labute approximate surface area is 78.6 Å². The summed E-state index contributed by atoms with van der Waals surface area (Å²) in [5, 5.41) is 0. The normalized spacial score (nSPS) is 11.4. The number of halogens is 3. The maximum absolute atomic E-state index is 12.8. The predicted octanol–water partition coefficient (Wildman–Crippen LogP) is 1.48. The minimum atomic E-state index is -3.76. The lowest BCUT2D eigenvalue weighted by atomic mass is 10.3. The zero-order valence-corrected chi connectivity index (χ0v) is 7.83. The molecule has 78 valence electrons. The van der Waals surface area contributed by atoms with Crippen LogP contribution in [-0.2, 0) is 10.0 Å². The molecule has 0 aliphatic rings. The number of nitrogens with one attached hydrogen (secondary N) is 1. The summed E-state index contributed by atoms with van der Waals surface area (Å²) in [6.45, 7) is 0. The van der Waals surface area contributed by atoms with Crippen LogP contribution in [0.15, 0.2) is 12.1 Å². The van der Waals surface area contributed by atoms with Crippen molar-refractivity contribution in [1.82, 2.24) is 0 Å². The summed E-state index contributed by atoms with van der Waals surface area (Å²) >= 11 is 0. The first kappa shape index (κ1) is 10.8. The minimum absolute atomic E-state index is 0.322. The van der Waals surface area contributed by atoms with Gasteiger partial charge in [0.05, 0.1) is 11.9 Å². The Morgan fingerprint density at radius 1 is 1.21 bits per heavy atom. The molecule has 1 aromatic rings. The molecule has 0 saturated heterocycles. The van der Waals surface area contributed by atoms with Crippen LogP contribution >= 0.6 is 0 Å². The van der Waals surface area contributed by atoms with Gasteiger partial charge in [0.1, 0.15) is 5.82 Å². The van der Waals surface area contributed by atoms with Crippen LogP contribution in [-0.4, -0.2) is 14.7 Å². The van der Waals surface area contributed by atoms with Gasteiger partial charge in [0, 0.05) is 12.1 Å². The van der Waals surface area contributed by atoms with Crippen molar-refractivity contribution in [2.45, 2.75) is 0 Å². The van der Waals surface area contributed by atoms with Crippen molar-refractivity contribution < 1.29 is 21.6 Å². The van der Waals surface area contributed by atoms with E-state index in [0.717, 1.165) is 6.26 Å². The molecule has 3 nitrogen and oxygen atoms in total. The van der Waals surface area contributed by atoms with Crippen LogP contribution in [0.5, 0.6) is 0 Å². The van der Waals surface area contributed by atoms with E-state index < -0.39 is 33.2 Å². The number of anilines is 1. The third kappa shape index (κ3) is 2.63. The van der Waals surface area contributed by atoms with Gasteiger partial charge in [-0.25, -0.2) is 21.6 Å². The van der Waals surface area contributed by atoms with E-state index in [0.29, 0.717) is 12.1 Å². The molecule has 0 aliphatic carbocycles. The monoisotopic (exact) mass is 225 g/mol. The molecule has 1 rings (SSSR count). The second kappa shape index (κ2) is 3.49. The Kier molecular flexibility index (Phi) is 2.70. The Morgan fingerprint density at radius 3 is 2.29 bits per heavy atom. The van der Waals surface area contributed by atoms with Crippen LogP contribution < -0.4 is 4.72 Å². The van der Waals surface area contributed by atoms with Gasteiger partial charge in [-0.15, -0.1) is 0 Å². The second-order valence-corrected chi connectivity index (χ2v) is 4.37. The van der Waals surface area contributed by atoms with Crippen LogP contribution in [0.2, 0.25) is 0 Å². The Balaban J connectivity index is 3.22. The minimum Gasteiger partial charge on any atom is -0.281 e. The number of hydrogen-bond acceptors (Lipinski definition) is 2. The fourth-order valence-electron chi connectivity index (χ4n) is 0.830. The SMILES string of the molecule is CS(=O)(=O)Nc1cc(F)cc(F)c1F. The van der Waals surface area contributed by atoms with E-state index in [1.165, 1.54) is 0 Å². The maximum Gasteiger partial charge on any atom is 0.229 e. The van der Waals surface area contributed by atoms with E-state index in [9.17, 15) is 21.6 Å². The summed E-state index contributed by atoms with van der Waals surface area (Å²) in [6.07, 6.45) is 0.745. The van der Waals surface area contributed by atoms with E-state index in [-0.39, 0.29) is 0 Å². The largest absolute Gasteiger partial charge is 0.281 e. The highest BCUT2D eigenvalue weighted by Crippen LogP contribution is 2.19. The van der Waals surface area contributed by atoms with Crippen molar-refractivity contribution in [3.8, 4) is 0 Å². The molecule has 0 amide bonds. The third-order valence-electron chi connectivity index (χ3n) is 1.29. The molecule has 0 fully saturated rings. The molecule has 0 spiro atoms. The fraction of sp³-hybridized carbons (Fsp3) is 0.143. The number of benzene rings is 1. The molecule has 7 heteroatoms. The molecule has 14 heavy (non-hydrogen) atoms. The zero-order valence-electron chi connectivity index (χ0n) is 7.01. The van der Waals surface area contributed by atoms with Gasteiger partial charge >= 0.3 is 0 Å². The van der Waals surface area contributed by atoms with Gasteiger partial charge in [0.15, 0.2) is 11.6 Å². The first-order valence-electron chi connectivity index (χ1n) is 3.42. The molecule has 0 saturated carbocycles. The smallest absolute Gasteiger partial charge is 0.229 e. The van der Waals surface area contributed by atoms with E-state index in [2.05, 4.69) is 0 Å². The molecule has 0 aliphatic heterocycles. The Hall–Kier alpha value is -1.24. The van der Waals surface area contributed by atoms with Crippen molar-refractivity contribution in [3.63, 3.8) is 0 Å². The van der Waals surface area contributed by atoms with E-state index in [4.69, 9.17) is 0 Å². The molecule has 1 aromatic carbocycles.